The average molecular weight is 903 g/mol. The lowest BCUT2D eigenvalue weighted by Crippen LogP contribution is -2.61. The molecule has 0 atom stereocenters. The van der Waals surface area contributed by atoms with Crippen LogP contribution in [-0.4, -0.2) is 6.71 Å². The molecule has 346 valence electrons. The Morgan fingerprint density at radius 3 is 1.67 bits per heavy atom. The maximum absolute atomic E-state index is 7.49. The molecule has 8 aromatic rings. The van der Waals surface area contributed by atoms with Crippen LogP contribution >= 0.6 is 0 Å². The highest BCUT2D eigenvalue weighted by molar-refractivity contribution is 7.00. The molecule has 7 aromatic carbocycles. The minimum atomic E-state index is -0.145. The van der Waals surface area contributed by atoms with Crippen molar-refractivity contribution < 1.29 is 4.42 Å². The van der Waals surface area contributed by atoms with Gasteiger partial charge in [0.1, 0.15) is 5.58 Å². The maximum atomic E-state index is 7.49. The minimum absolute atomic E-state index is 0.0280. The van der Waals surface area contributed by atoms with Gasteiger partial charge in [0.05, 0.1) is 17.0 Å². The second-order valence-electron chi connectivity index (χ2n) is 24.7. The van der Waals surface area contributed by atoms with Gasteiger partial charge in [0, 0.05) is 39.3 Å². The lowest BCUT2D eigenvalue weighted by Gasteiger charge is -2.49. The molecule has 2 aliphatic heterocycles. The number of hydrogen-bond acceptors (Lipinski definition) is 3. The highest BCUT2D eigenvalue weighted by Gasteiger charge is 2.51. The third-order valence-corrected chi connectivity index (χ3v) is 17.1. The van der Waals surface area contributed by atoms with Gasteiger partial charge in [-0.25, -0.2) is 0 Å². The first-order valence-electron chi connectivity index (χ1n) is 25.6. The third-order valence-electron chi connectivity index (χ3n) is 17.1. The van der Waals surface area contributed by atoms with Crippen molar-refractivity contribution in [2.45, 2.75) is 136 Å². The molecule has 0 spiro atoms. The zero-order chi connectivity index (χ0) is 48.2. The molecule has 0 unspecified atom stereocenters. The Bertz CT molecular complexity index is 3340. The van der Waals surface area contributed by atoms with Gasteiger partial charge in [-0.2, -0.15) is 0 Å². The van der Waals surface area contributed by atoms with E-state index in [4.69, 9.17) is 4.42 Å². The first-order valence-corrected chi connectivity index (χ1v) is 25.6. The molecule has 0 fully saturated rings. The van der Waals surface area contributed by atoms with Crippen molar-refractivity contribution in [3.63, 3.8) is 0 Å². The van der Waals surface area contributed by atoms with Crippen LogP contribution in [0.25, 0.3) is 33.2 Å². The smallest absolute Gasteiger partial charge is 0.297 e. The fourth-order valence-electron chi connectivity index (χ4n) is 13.0. The molecule has 1 aromatic heterocycles. The van der Waals surface area contributed by atoms with Crippen molar-refractivity contribution in [1.29, 1.82) is 0 Å². The summed E-state index contributed by atoms with van der Waals surface area (Å²) >= 11 is 0. The summed E-state index contributed by atoms with van der Waals surface area (Å²) in [4.78, 5) is 5.36. The zero-order valence-electron chi connectivity index (χ0n) is 43.0. The number of fused-ring (bicyclic) bond motifs is 9. The van der Waals surface area contributed by atoms with E-state index in [0.29, 0.717) is 0 Å². The average Bonchev–Trinajstić information content (AvgIpc) is 3.71. The van der Waals surface area contributed by atoms with Crippen molar-refractivity contribution in [3.8, 4) is 22.3 Å². The summed E-state index contributed by atoms with van der Waals surface area (Å²) in [6.07, 6.45) is 4.63. The summed E-state index contributed by atoms with van der Waals surface area (Å²) in [5.41, 5.74) is 25.1. The third kappa shape index (κ3) is 6.60. The van der Waals surface area contributed by atoms with Crippen LogP contribution in [-0.2, 0) is 27.1 Å². The SMILES string of the molecule is Cc1cc2c3c(c1)N(c1c(-c4ccccc4)cc(C(C)(C)C)cc1-c1ccccc1)c1c(oc4ccccc14)B3c1ccc3c(c1N2c1ccc2c(c1)C(C)(C)CCC2(C)C)C(C)(C)CCC3(C)C. The fourth-order valence-corrected chi connectivity index (χ4v) is 13.0. The zero-order valence-corrected chi connectivity index (χ0v) is 43.0. The first-order chi connectivity index (χ1) is 32.7. The Labute approximate surface area is 411 Å². The van der Waals surface area contributed by atoms with Gasteiger partial charge in [0.15, 0.2) is 0 Å². The van der Waals surface area contributed by atoms with Gasteiger partial charge >= 0.3 is 0 Å². The molecule has 4 heteroatoms. The Kier molecular flexibility index (Phi) is 9.48. The van der Waals surface area contributed by atoms with E-state index in [2.05, 4.69) is 232 Å². The van der Waals surface area contributed by atoms with Crippen LogP contribution in [0.1, 0.15) is 135 Å². The standard InChI is InChI=1S/C65H67BN2O/c1-40-35-52-56-53(36-40)68(57-46(41-21-15-13-16-22-41)37-43(61(2,3)4)38-47(57)42-23-17-14-18-24-42)58-45-25-19-20-26-54(45)69-60(58)66(56)51-30-29-49-55(65(11,12)34-33-63(49,7)8)59(51)67(52)44-27-28-48-50(39-44)64(9,10)32-31-62(48,5)6/h13-30,35-39H,31-34H2,1-12H3. The summed E-state index contributed by atoms with van der Waals surface area (Å²) in [5.74, 6) is 0. The van der Waals surface area contributed by atoms with E-state index in [1.165, 1.54) is 101 Å². The van der Waals surface area contributed by atoms with E-state index >= 15 is 0 Å². The highest BCUT2D eigenvalue weighted by Crippen LogP contribution is 2.57. The quantitative estimate of drug-likeness (QED) is 0.164. The molecule has 3 nitrogen and oxygen atoms in total. The lowest BCUT2D eigenvalue weighted by molar-refractivity contribution is 0.331. The number of aryl methyl sites for hydroxylation is 1. The van der Waals surface area contributed by atoms with Crippen LogP contribution < -0.4 is 26.4 Å². The van der Waals surface area contributed by atoms with Crippen LogP contribution in [0.15, 0.2) is 144 Å². The van der Waals surface area contributed by atoms with Crippen molar-refractivity contribution in [1.82, 2.24) is 0 Å². The van der Waals surface area contributed by atoms with Gasteiger partial charge < -0.3 is 14.2 Å². The molecule has 69 heavy (non-hydrogen) atoms. The topological polar surface area (TPSA) is 19.6 Å². The van der Waals surface area contributed by atoms with E-state index in [0.717, 1.165) is 41.6 Å². The summed E-state index contributed by atoms with van der Waals surface area (Å²) in [6.45, 7) is 28.9. The first kappa shape index (κ1) is 44.0. The lowest BCUT2D eigenvalue weighted by atomic mass is 9.35. The van der Waals surface area contributed by atoms with E-state index in [9.17, 15) is 0 Å². The summed E-state index contributed by atoms with van der Waals surface area (Å²) in [7, 11) is 0. The number of nitrogens with zero attached hydrogens (tertiary/aromatic N) is 2. The second kappa shape index (κ2) is 14.9. The second-order valence-corrected chi connectivity index (χ2v) is 24.7. The molecule has 0 saturated heterocycles. The summed E-state index contributed by atoms with van der Waals surface area (Å²) < 4.78 is 7.49. The number of hydrogen-bond donors (Lipinski definition) is 0. The van der Waals surface area contributed by atoms with Crippen LogP contribution in [0.4, 0.5) is 34.1 Å². The van der Waals surface area contributed by atoms with Crippen LogP contribution in [0.5, 0.6) is 0 Å². The summed E-state index contributed by atoms with van der Waals surface area (Å²) in [6, 6.07) is 53.4. The number of rotatable bonds is 4. The maximum Gasteiger partial charge on any atom is 0.297 e. The van der Waals surface area contributed by atoms with Gasteiger partial charge in [0.25, 0.3) is 6.71 Å². The van der Waals surface area contributed by atoms with Gasteiger partial charge in [-0.05, 0) is 164 Å². The molecule has 3 heterocycles. The number of anilines is 6. The van der Waals surface area contributed by atoms with Crippen molar-refractivity contribution in [2.75, 3.05) is 9.80 Å². The van der Waals surface area contributed by atoms with E-state index in [1.54, 1.807) is 0 Å². The van der Waals surface area contributed by atoms with Crippen LogP contribution in [0.2, 0.25) is 0 Å². The number of para-hydroxylation sites is 1. The molecule has 0 bridgehead atoms. The normalized spacial score (nSPS) is 18.0. The Hall–Kier alpha value is -6.26. The summed E-state index contributed by atoms with van der Waals surface area (Å²) in [5, 5.41) is 1.13. The van der Waals surface area contributed by atoms with Gasteiger partial charge in [-0.3, -0.25) is 0 Å². The fraction of sp³-hybridized carbons (Fsp3) is 0.323. The molecule has 0 N–H and O–H groups in total. The molecule has 0 amide bonds. The predicted molar refractivity (Wildman–Crippen MR) is 295 cm³/mol. The van der Waals surface area contributed by atoms with Crippen LogP contribution in [0, 0.1) is 6.92 Å². The van der Waals surface area contributed by atoms with E-state index in [-0.39, 0.29) is 33.8 Å². The van der Waals surface area contributed by atoms with Crippen molar-refractivity contribution in [3.05, 3.63) is 173 Å². The molecule has 12 rings (SSSR count). The molecule has 2 aliphatic carbocycles. The van der Waals surface area contributed by atoms with Crippen molar-refractivity contribution in [2.24, 2.45) is 0 Å². The molecule has 4 aliphatic rings. The molecular weight excluding hydrogens is 836 g/mol. The van der Waals surface area contributed by atoms with Gasteiger partial charge in [-0.1, -0.05) is 167 Å². The Morgan fingerprint density at radius 1 is 0.507 bits per heavy atom. The minimum Gasteiger partial charge on any atom is -0.468 e. The molecular formula is C65H67BN2O. The van der Waals surface area contributed by atoms with Crippen molar-refractivity contribution >= 4 is 68.4 Å². The van der Waals surface area contributed by atoms with Crippen LogP contribution in [0.3, 0.4) is 0 Å². The van der Waals surface area contributed by atoms with Gasteiger partial charge in [-0.15, -0.1) is 0 Å². The van der Waals surface area contributed by atoms with E-state index < -0.39 is 0 Å². The largest absolute Gasteiger partial charge is 0.468 e. The van der Waals surface area contributed by atoms with Gasteiger partial charge in [0.2, 0.25) is 0 Å². The number of furan rings is 1. The highest BCUT2D eigenvalue weighted by atomic mass is 16.3. The molecule has 0 radical (unpaired) electrons. The predicted octanol–water partition coefficient (Wildman–Crippen LogP) is 16.2. The molecule has 0 saturated carbocycles. The Balaban J connectivity index is 1.25. The van der Waals surface area contributed by atoms with E-state index in [1.807, 2.05) is 0 Å². The monoisotopic (exact) mass is 903 g/mol. The number of benzene rings is 7. The Morgan fingerprint density at radius 2 is 1.04 bits per heavy atom.